The van der Waals surface area contributed by atoms with Gasteiger partial charge < -0.3 is 10.2 Å². The Balaban J connectivity index is 2.23. The van der Waals surface area contributed by atoms with Crippen LogP contribution in [0.2, 0.25) is 0 Å². The van der Waals surface area contributed by atoms with E-state index >= 15 is 0 Å². The van der Waals surface area contributed by atoms with E-state index in [1.165, 1.54) is 0 Å². The van der Waals surface area contributed by atoms with Crippen molar-refractivity contribution in [2.45, 2.75) is 26.3 Å². The van der Waals surface area contributed by atoms with Gasteiger partial charge in [-0.15, -0.1) is 5.11 Å². The summed E-state index contributed by atoms with van der Waals surface area (Å²) < 4.78 is 0. The second kappa shape index (κ2) is 4.96. The minimum Gasteiger partial charge on any atom is -0.377 e. The molecule has 1 heterocycles. The number of hydrogen-bond acceptors (Lipinski definition) is 4. The molecule has 16 heavy (non-hydrogen) atoms. The Labute approximate surface area is 95.7 Å². The number of hydrogen-bond donors (Lipinski definition) is 1. The largest absolute Gasteiger partial charge is 0.377 e. The molecule has 1 aromatic rings. The molecule has 0 fully saturated rings. The number of benzene rings is 1. The van der Waals surface area contributed by atoms with Crippen molar-refractivity contribution in [1.82, 2.24) is 0 Å². The smallest absolute Gasteiger partial charge is 0.139 e. The fourth-order valence-electron chi connectivity index (χ4n) is 1.70. The number of nitrogens with one attached hydrogen (secondary N) is 1. The van der Waals surface area contributed by atoms with E-state index in [1.54, 1.807) is 0 Å². The monoisotopic (exact) mass is 219 g/mol. The Morgan fingerprint density at radius 1 is 1.50 bits per heavy atom. The van der Waals surface area contributed by atoms with Crippen LogP contribution in [0.5, 0.6) is 0 Å². The summed E-state index contributed by atoms with van der Waals surface area (Å²) in [7, 11) is 0. The highest BCUT2D eigenvalue weighted by Gasteiger charge is 2.19. The molecular formula is C12H17N3O. The van der Waals surface area contributed by atoms with Crippen molar-refractivity contribution in [3.8, 4) is 0 Å². The van der Waals surface area contributed by atoms with Crippen molar-refractivity contribution in [2.24, 2.45) is 16.3 Å². The predicted octanol–water partition coefficient (Wildman–Crippen LogP) is 3.54. The van der Waals surface area contributed by atoms with Gasteiger partial charge >= 0.3 is 0 Å². The van der Waals surface area contributed by atoms with Crippen LogP contribution in [0.15, 0.2) is 34.7 Å². The zero-order valence-electron chi connectivity index (χ0n) is 9.68. The minimum absolute atomic E-state index is 0.283. The molecule has 0 radical (unpaired) electrons. The van der Waals surface area contributed by atoms with Crippen LogP contribution in [0, 0.1) is 5.92 Å². The predicted molar refractivity (Wildman–Crippen MR) is 63.8 cm³/mol. The van der Waals surface area contributed by atoms with E-state index in [-0.39, 0.29) is 6.04 Å². The summed E-state index contributed by atoms with van der Waals surface area (Å²) in [6.45, 7) is 4.95. The van der Waals surface area contributed by atoms with Crippen LogP contribution in [0.3, 0.4) is 0 Å². The molecule has 4 heteroatoms. The summed E-state index contributed by atoms with van der Waals surface area (Å²) in [5.41, 5.74) is 1.86. The third-order valence-corrected chi connectivity index (χ3v) is 3.04. The van der Waals surface area contributed by atoms with Gasteiger partial charge in [0, 0.05) is 5.28 Å². The van der Waals surface area contributed by atoms with Crippen LogP contribution in [-0.2, 0) is 4.84 Å². The third kappa shape index (κ3) is 2.32. The van der Waals surface area contributed by atoms with Gasteiger partial charge in [0.2, 0.25) is 0 Å². The summed E-state index contributed by atoms with van der Waals surface area (Å²) >= 11 is 0. The molecule has 2 rings (SSSR count). The summed E-state index contributed by atoms with van der Waals surface area (Å²) in [4.78, 5) is 5.16. The van der Waals surface area contributed by atoms with Gasteiger partial charge in [-0.25, -0.2) is 0 Å². The molecule has 4 nitrogen and oxygen atoms in total. The van der Waals surface area contributed by atoms with Crippen molar-refractivity contribution in [3.63, 3.8) is 0 Å². The quantitative estimate of drug-likeness (QED) is 0.826. The SMILES string of the molecule is CCC(C)[C@H]1CON=Nc2ccccc2N1. The molecule has 0 amide bonds. The molecule has 1 aliphatic rings. The van der Waals surface area contributed by atoms with E-state index in [0.29, 0.717) is 12.5 Å². The lowest BCUT2D eigenvalue weighted by Gasteiger charge is -2.25. The normalized spacial score (nSPS) is 21.0. The molecule has 0 bridgehead atoms. The van der Waals surface area contributed by atoms with Gasteiger partial charge in [-0.3, -0.25) is 0 Å². The lowest BCUT2D eigenvalue weighted by atomic mass is 9.99. The molecular weight excluding hydrogens is 202 g/mol. The van der Waals surface area contributed by atoms with Gasteiger partial charge in [0.1, 0.15) is 12.3 Å². The molecule has 1 aliphatic heterocycles. The molecule has 1 N–H and O–H groups in total. The van der Waals surface area contributed by atoms with Crippen LogP contribution in [0.25, 0.3) is 0 Å². The Hall–Kier alpha value is -1.58. The summed E-state index contributed by atoms with van der Waals surface area (Å²) in [5, 5.41) is 11.2. The highest BCUT2D eigenvalue weighted by molar-refractivity contribution is 5.65. The molecule has 0 spiro atoms. The maximum absolute atomic E-state index is 5.16. The summed E-state index contributed by atoms with van der Waals surface area (Å²) in [6.07, 6.45) is 1.11. The van der Waals surface area contributed by atoms with Crippen LogP contribution >= 0.6 is 0 Å². The Bertz CT molecular complexity index is 378. The summed E-state index contributed by atoms with van der Waals surface area (Å²) in [5.74, 6) is 0.543. The van der Waals surface area contributed by atoms with Gasteiger partial charge in [-0.2, -0.15) is 0 Å². The van der Waals surface area contributed by atoms with Crippen molar-refractivity contribution >= 4 is 11.4 Å². The second-order valence-corrected chi connectivity index (χ2v) is 4.13. The zero-order valence-corrected chi connectivity index (χ0v) is 9.68. The van der Waals surface area contributed by atoms with Crippen LogP contribution in [0.4, 0.5) is 11.4 Å². The molecule has 1 aromatic carbocycles. The van der Waals surface area contributed by atoms with Gasteiger partial charge in [0.05, 0.1) is 11.7 Å². The van der Waals surface area contributed by atoms with Gasteiger partial charge in [-0.1, -0.05) is 32.4 Å². The Morgan fingerprint density at radius 2 is 2.31 bits per heavy atom. The minimum atomic E-state index is 0.283. The number of nitrogens with zero attached hydrogens (tertiary/aromatic N) is 2. The van der Waals surface area contributed by atoms with E-state index in [2.05, 4.69) is 29.6 Å². The Morgan fingerprint density at radius 3 is 3.12 bits per heavy atom. The molecule has 2 atom stereocenters. The lowest BCUT2D eigenvalue weighted by Crippen LogP contribution is -2.31. The van der Waals surface area contributed by atoms with Crippen molar-refractivity contribution in [3.05, 3.63) is 24.3 Å². The van der Waals surface area contributed by atoms with Crippen LogP contribution in [0.1, 0.15) is 20.3 Å². The number of fused-ring (bicyclic) bond motifs is 1. The lowest BCUT2D eigenvalue weighted by molar-refractivity contribution is 0.103. The van der Waals surface area contributed by atoms with Crippen molar-refractivity contribution < 1.29 is 4.84 Å². The van der Waals surface area contributed by atoms with E-state index in [4.69, 9.17) is 4.84 Å². The molecule has 86 valence electrons. The Kier molecular flexibility index (Phi) is 3.39. The molecule has 0 aliphatic carbocycles. The van der Waals surface area contributed by atoms with E-state index in [9.17, 15) is 0 Å². The highest BCUT2D eigenvalue weighted by Crippen LogP contribution is 2.28. The number of para-hydroxylation sites is 1. The first-order chi connectivity index (χ1) is 7.81. The van der Waals surface area contributed by atoms with E-state index < -0.39 is 0 Å². The number of anilines is 1. The fourth-order valence-corrected chi connectivity index (χ4v) is 1.70. The molecule has 0 saturated heterocycles. The van der Waals surface area contributed by atoms with Gasteiger partial charge in [0.25, 0.3) is 0 Å². The first-order valence-electron chi connectivity index (χ1n) is 5.70. The maximum Gasteiger partial charge on any atom is 0.139 e. The molecule has 0 saturated carbocycles. The van der Waals surface area contributed by atoms with Crippen molar-refractivity contribution in [1.29, 1.82) is 0 Å². The average Bonchev–Trinajstić information content (AvgIpc) is 2.29. The summed E-state index contributed by atoms with van der Waals surface area (Å²) in [6, 6.07) is 8.17. The first-order valence-corrected chi connectivity index (χ1v) is 5.70. The third-order valence-electron chi connectivity index (χ3n) is 3.04. The van der Waals surface area contributed by atoms with E-state index in [0.717, 1.165) is 17.8 Å². The zero-order chi connectivity index (χ0) is 11.4. The van der Waals surface area contributed by atoms with Gasteiger partial charge in [-0.05, 0) is 18.1 Å². The van der Waals surface area contributed by atoms with Crippen LogP contribution < -0.4 is 5.32 Å². The van der Waals surface area contributed by atoms with E-state index in [1.807, 2.05) is 24.3 Å². The first kappa shape index (κ1) is 10.9. The van der Waals surface area contributed by atoms with Gasteiger partial charge in [0.15, 0.2) is 0 Å². The average molecular weight is 219 g/mol. The second-order valence-electron chi connectivity index (χ2n) is 4.13. The topological polar surface area (TPSA) is 46.0 Å². The van der Waals surface area contributed by atoms with Crippen molar-refractivity contribution in [2.75, 3.05) is 11.9 Å². The molecule has 1 unspecified atom stereocenters. The fraction of sp³-hybridized carbons (Fsp3) is 0.500. The number of rotatable bonds is 2. The van der Waals surface area contributed by atoms with Crippen LogP contribution in [-0.4, -0.2) is 12.6 Å². The highest BCUT2D eigenvalue weighted by atomic mass is 16.6. The standard InChI is InChI=1S/C12H17N3O/c1-3-9(2)12-8-16-15-14-11-7-5-4-6-10(11)13-12/h4-7,9,12-13H,3,8H2,1-2H3/t9?,12-/m1/s1. The maximum atomic E-state index is 5.16. The molecule has 0 aromatic heterocycles.